The van der Waals surface area contributed by atoms with Crippen molar-refractivity contribution in [3.8, 4) is 5.75 Å². The lowest BCUT2D eigenvalue weighted by atomic mass is 10.2. The molecule has 1 aliphatic heterocycles. The Morgan fingerprint density at radius 3 is 2.60 bits per heavy atom. The second kappa shape index (κ2) is 8.03. The number of carbonyl (C=O) groups is 1. The number of carbonyl (C=O) groups excluding carboxylic acids is 1. The fraction of sp³-hybridized carbons (Fsp3) is 0.263. The molecule has 2 aromatic rings. The Hall–Kier alpha value is -2.53. The first-order valence-corrected chi connectivity index (χ1v) is 8.67. The number of benzene rings is 2. The van der Waals surface area contributed by atoms with E-state index in [1.54, 1.807) is 24.3 Å². The molecule has 1 aliphatic rings. The largest absolute Gasteiger partial charge is 0.494 e. The molecule has 0 unspecified atom stereocenters. The normalized spacial score (nSPS) is 14.0. The van der Waals surface area contributed by atoms with E-state index >= 15 is 0 Å². The second-order valence-corrected chi connectivity index (χ2v) is 6.03. The number of aliphatic imine (C=N–C) groups is 1. The van der Waals surface area contributed by atoms with E-state index in [9.17, 15) is 4.79 Å². The lowest BCUT2D eigenvalue weighted by molar-refractivity contribution is 0.0976. The average molecular weight is 358 g/mol. The van der Waals surface area contributed by atoms with Crippen molar-refractivity contribution in [3.05, 3.63) is 59.1 Å². The Morgan fingerprint density at radius 1 is 1.20 bits per heavy atom. The highest BCUT2D eigenvalue weighted by molar-refractivity contribution is 6.30. The van der Waals surface area contributed by atoms with Crippen molar-refractivity contribution >= 4 is 29.2 Å². The number of guanidine groups is 1. The Morgan fingerprint density at radius 2 is 1.92 bits per heavy atom. The molecule has 0 saturated heterocycles. The molecule has 2 aromatic carbocycles. The number of ether oxygens (including phenoxy) is 1. The molecular formula is C19H20ClN3O2. The standard InChI is InChI=1S/C19H20ClN3O2/c1-2-25-17-10-8-16(9-11-17)23-13-3-12-21-19(23)22-18(24)14-4-6-15(20)7-5-14/h4-11H,2-3,12-13H2,1H3,(H,21,22,24). The smallest absolute Gasteiger partial charge is 0.257 e. The predicted octanol–water partition coefficient (Wildman–Crippen LogP) is 3.73. The van der Waals surface area contributed by atoms with Crippen molar-refractivity contribution in [1.29, 1.82) is 0 Å². The van der Waals surface area contributed by atoms with Gasteiger partial charge in [0.25, 0.3) is 5.91 Å². The molecule has 25 heavy (non-hydrogen) atoms. The third-order valence-corrected chi connectivity index (χ3v) is 4.10. The third-order valence-electron chi connectivity index (χ3n) is 3.85. The van der Waals surface area contributed by atoms with Crippen LogP contribution >= 0.6 is 11.6 Å². The van der Waals surface area contributed by atoms with Gasteiger partial charge in [-0.05, 0) is 61.9 Å². The van der Waals surface area contributed by atoms with Gasteiger partial charge in [-0.2, -0.15) is 0 Å². The van der Waals surface area contributed by atoms with Gasteiger partial charge in [0.15, 0.2) is 0 Å². The van der Waals surface area contributed by atoms with Crippen LogP contribution in [0.3, 0.4) is 0 Å². The van der Waals surface area contributed by atoms with Crippen molar-refractivity contribution in [1.82, 2.24) is 5.32 Å². The molecule has 0 atom stereocenters. The Kier molecular flexibility index (Phi) is 5.56. The second-order valence-electron chi connectivity index (χ2n) is 5.60. The summed E-state index contributed by atoms with van der Waals surface area (Å²) in [5, 5.41) is 3.51. The van der Waals surface area contributed by atoms with E-state index in [1.807, 2.05) is 36.1 Å². The van der Waals surface area contributed by atoms with E-state index in [0.717, 1.165) is 24.4 Å². The van der Waals surface area contributed by atoms with Crippen molar-refractivity contribution in [2.75, 3.05) is 24.6 Å². The number of anilines is 1. The topological polar surface area (TPSA) is 53.9 Å². The van der Waals surface area contributed by atoms with Gasteiger partial charge in [0.1, 0.15) is 5.75 Å². The first-order valence-electron chi connectivity index (χ1n) is 8.29. The molecule has 1 amide bonds. The number of hydrogen-bond donors (Lipinski definition) is 1. The van der Waals surface area contributed by atoms with Gasteiger partial charge in [-0.15, -0.1) is 0 Å². The predicted molar refractivity (Wildman–Crippen MR) is 101 cm³/mol. The quantitative estimate of drug-likeness (QED) is 0.907. The Bertz CT molecular complexity index is 757. The zero-order valence-electron chi connectivity index (χ0n) is 14.0. The molecule has 1 N–H and O–H groups in total. The molecule has 0 spiro atoms. The van der Waals surface area contributed by atoms with E-state index in [0.29, 0.717) is 29.7 Å². The maximum absolute atomic E-state index is 12.5. The van der Waals surface area contributed by atoms with Gasteiger partial charge in [0.2, 0.25) is 5.96 Å². The van der Waals surface area contributed by atoms with Crippen LogP contribution < -0.4 is 15.0 Å². The SMILES string of the molecule is CCOc1ccc(N2CCCN=C2NC(=O)c2ccc(Cl)cc2)cc1. The third kappa shape index (κ3) is 4.31. The summed E-state index contributed by atoms with van der Waals surface area (Å²) in [6.45, 7) is 4.08. The molecule has 0 aliphatic carbocycles. The number of hydrogen-bond acceptors (Lipinski definition) is 4. The summed E-state index contributed by atoms with van der Waals surface area (Å²) in [7, 11) is 0. The summed E-state index contributed by atoms with van der Waals surface area (Å²) in [6.07, 6.45) is 0.938. The molecule has 0 bridgehead atoms. The summed E-state index contributed by atoms with van der Waals surface area (Å²) < 4.78 is 5.48. The van der Waals surface area contributed by atoms with Crippen LogP contribution in [0.5, 0.6) is 5.75 Å². The molecule has 5 nitrogen and oxygen atoms in total. The van der Waals surface area contributed by atoms with Gasteiger partial charge in [-0.1, -0.05) is 11.6 Å². The molecule has 0 aromatic heterocycles. The van der Waals surface area contributed by atoms with Crippen LogP contribution in [0, 0.1) is 0 Å². The fourth-order valence-electron chi connectivity index (χ4n) is 2.63. The van der Waals surface area contributed by atoms with Crippen LogP contribution in [0.25, 0.3) is 0 Å². The minimum absolute atomic E-state index is 0.201. The first-order chi connectivity index (χ1) is 12.2. The van der Waals surface area contributed by atoms with E-state index in [2.05, 4.69) is 10.3 Å². The van der Waals surface area contributed by atoms with E-state index in [1.165, 1.54) is 0 Å². The zero-order valence-corrected chi connectivity index (χ0v) is 14.8. The fourth-order valence-corrected chi connectivity index (χ4v) is 2.75. The molecule has 130 valence electrons. The maximum atomic E-state index is 12.5. The van der Waals surface area contributed by atoms with E-state index < -0.39 is 0 Å². The maximum Gasteiger partial charge on any atom is 0.257 e. The van der Waals surface area contributed by atoms with Crippen molar-refractivity contribution < 1.29 is 9.53 Å². The minimum Gasteiger partial charge on any atom is -0.494 e. The van der Waals surface area contributed by atoms with E-state index in [-0.39, 0.29) is 5.91 Å². The lowest BCUT2D eigenvalue weighted by Crippen LogP contribution is -2.47. The zero-order chi connectivity index (χ0) is 17.6. The molecule has 0 saturated carbocycles. The lowest BCUT2D eigenvalue weighted by Gasteiger charge is -2.29. The number of amides is 1. The summed E-state index contributed by atoms with van der Waals surface area (Å²) in [5.74, 6) is 1.19. The monoisotopic (exact) mass is 357 g/mol. The Labute approximate surface area is 152 Å². The van der Waals surface area contributed by atoms with Gasteiger partial charge >= 0.3 is 0 Å². The highest BCUT2D eigenvalue weighted by Gasteiger charge is 2.20. The summed E-state index contributed by atoms with van der Waals surface area (Å²) in [6, 6.07) is 14.6. The van der Waals surface area contributed by atoms with Crippen molar-refractivity contribution in [2.45, 2.75) is 13.3 Å². The van der Waals surface area contributed by atoms with Gasteiger partial charge in [-0.3, -0.25) is 15.1 Å². The van der Waals surface area contributed by atoms with Crippen molar-refractivity contribution in [2.24, 2.45) is 4.99 Å². The van der Waals surface area contributed by atoms with Gasteiger partial charge in [0, 0.05) is 29.4 Å². The summed E-state index contributed by atoms with van der Waals surface area (Å²) in [5.41, 5.74) is 1.52. The van der Waals surface area contributed by atoms with Crippen LogP contribution in [0.4, 0.5) is 5.69 Å². The number of nitrogens with zero attached hydrogens (tertiary/aromatic N) is 2. The molecule has 1 heterocycles. The first kappa shape index (κ1) is 17.3. The van der Waals surface area contributed by atoms with Crippen LogP contribution in [0.2, 0.25) is 5.02 Å². The highest BCUT2D eigenvalue weighted by Crippen LogP contribution is 2.21. The molecule has 0 radical (unpaired) electrons. The van der Waals surface area contributed by atoms with Crippen LogP contribution in [-0.4, -0.2) is 31.6 Å². The number of nitrogens with one attached hydrogen (secondary N) is 1. The average Bonchev–Trinajstić information content (AvgIpc) is 2.64. The van der Waals surface area contributed by atoms with Crippen LogP contribution in [0.15, 0.2) is 53.5 Å². The number of rotatable bonds is 4. The molecule has 3 rings (SSSR count). The Balaban J connectivity index is 1.75. The van der Waals surface area contributed by atoms with Crippen molar-refractivity contribution in [3.63, 3.8) is 0 Å². The molecule has 6 heteroatoms. The van der Waals surface area contributed by atoms with Gasteiger partial charge in [0.05, 0.1) is 6.61 Å². The summed E-state index contributed by atoms with van der Waals surface area (Å²) >= 11 is 5.87. The molecule has 0 fully saturated rings. The van der Waals surface area contributed by atoms with Gasteiger partial charge in [-0.25, -0.2) is 0 Å². The summed E-state index contributed by atoms with van der Waals surface area (Å²) in [4.78, 5) is 18.9. The van der Waals surface area contributed by atoms with Crippen LogP contribution in [-0.2, 0) is 0 Å². The van der Waals surface area contributed by atoms with Gasteiger partial charge < -0.3 is 9.64 Å². The number of halogens is 1. The minimum atomic E-state index is -0.201. The molecular weight excluding hydrogens is 338 g/mol. The van der Waals surface area contributed by atoms with E-state index in [4.69, 9.17) is 16.3 Å². The highest BCUT2D eigenvalue weighted by atomic mass is 35.5. The van der Waals surface area contributed by atoms with Crippen LogP contribution in [0.1, 0.15) is 23.7 Å².